The molecule has 0 aliphatic heterocycles. The van der Waals surface area contributed by atoms with Crippen LogP contribution in [-0.4, -0.2) is 11.1 Å². The number of hydrogen-bond donors (Lipinski definition) is 2. The lowest BCUT2D eigenvalue weighted by Crippen LogP contribution is -1.98. The highest BCUT2D eigenvalue weighted by molar-refractivity contribution is 5.96. The van der Waals surface area contributed by atoms with E-state index < -0.39 is 5.97 Å². The molecule has 1 aromatic rings. The monoisotopic (exact) mass is 178 g/mol. The van der Waals surface area contributed by atoms with Crippen LogP contribution >= 0.6 is 0 Å². The Morgan fingerprint density at radius 1 is 1.62 bits per heavy atom. The summed E-state index contributed by atoms with van der Waals surface area (Å²) in [5, 5.41) is 11.9. The SMILES string of the molecule is [N-]=[N+]=Nc1c(N)cccc1C(=O)O. The van der Waals surface area contributed by atoms with Gasteiger partial charge in [0.1, 0.15) is 0 Å². The molecule has 0 atom stereocenters. The van der Waals surface area contributed by atoms with Crippen LogP contribution in [0.3, 0.4) is 0 Å². The molecule has 1 rings (SSSR count). The number of carboxylic acid groups (broad SMARTS) is 1. The highest BCUT2D eigenvalue weighted by Crippen LogP contribution is 2.26. The number of rotatable bonds is 2. The predicted octanol–water partition coefficient (Wildman–Crippen LogP) is 1.91. The van der Waals surface area contributed by atoms with E-state index >= 15 is 0 Å². The van der Waals surface area contributed by atoms with Gasteiger partial charge in [-0.25, -0.2) is 4.79 Å². The average Bonchev–Trinajstić information content (AvgIpc) is 2.08. The van der Waals surface area contributed by atoms with Gasteiger partial charge < -0.3 is 10.8 Å². The third-order valence-corrected chi connectivity index (χ3v) is 1.44. The minimum absolute atomic E-state index is 0.0440. The topological polar surface area (TPSA) is 112 Å². The van der Waals surface area contributed by atoms with Crippen molar-refractivity contribution in [3.05, 3.63) is 34.2 Å². The number of nitrogens with two attached hydrogens (primary N) is 1. The number of carboxylic acids is 1. The number of azide groups is 1. The molecule has 0 bridgehead atoms. The number of nitrogen functional groups attached to an aromatic ring is 1. The number of anilines is 1. The zero-order valence-corrected chi connectivity index (χ0v) is 6.51. The molecule has 0 fully saturated rings. The molecule has 66 valence electrons. The maximum absolute atomic E-state index is 10.6. The van der Waals surface area contributed by atoms with E-state index in [1.807, 2.05) is 0 Å². The molecule has 0 unspecified atom stereocenters. The summed E-state index contributed by atoms with van der Waals surface area (Å²) in [5.41, 5.74) is 13.6. The number of aromatic carboxylic acids is 1. The summed E-state index contributed by atoms with van der Waals surface area (Å²) >= 11 is 0. The minimum Gasteiger partial charge on any atom is -0.478 e. The fourth-order valence-corrected chi connectivity index (χ4v) is 0.890. The first-order valence-electron chi connectivity index (χ1n) is 3.33. The first kappa shape index (κ1) is 8.89. The molecule has 6 heteroatoms. The van der Waals surface area contributed by atoms with Crippen molar-refractivity contribution >= 4 is 17.3 Å². The normalized spacial score (nSPS) is 8.92. The van der Waals surface area contributed by atoms with Gasteiger partial charge in [0.2, 0.25) is 0 Å². The van der Waals surface area contributed by atoms with Crippen LogP contribution in [0.15, 0.2) is 23.3 Å². The van der Waals surface area contributed by atoms with E-state index in [0.717, 1.165) is 0 Å². The van der Waals surface area contributed by atoms with Crippen molar-refractivity contribution in [1.29, 1.82) is 0 Å². The summed E-state index contributed by atoms with van der Waals surface area (Å²) in [6.45, 7) is 0. The Balaban J connectivity index is 3.42. The van der Waals surface area contributed by atoms with Gasteiger partial charge in [0.15, 0.2) is 0 Å². The van der Waals surface area contributed by atoms with Crippen LogP contribution in [0.25, 0.3) is 10.4 Å². The van der Waals surface area contributed by atoms with Gasteiger partial charge in [-0.15, -0.1) is 0 Å². The van der Waals surface area contributed by atoms with Crippen molar-refractivity contribution in [3.8, 4) is 0 Å². The van der Waals surface area contributed by atoms with E-state index in [9.17, 15) is 4.79 Å². The second-order valence-corrected chi connectivity index (χ2v) is 2.24. The van der Waals surface area contributed by atoms with Crippen molar-refractivity contribution in [2.75, 3.05) is 5.73 Å². The van der Waals surface area contributed by atoms with Gasteiger partial charge in [-0.05, 0) is 17.7 Å². The van der Waals surface area contributed by atoms with Crippen molar-refractivity contribution in [1.82, 2.24) is 0 Å². The van der Waals surface area contributed by atoms with Gasteiger partial charge in [-0.3, -0.25) is 0 Å². The maximum Gasteiger partial charge on any atom is 0.336 e. The maximum atomic E-state index is 10.6. The summed E-state index contributed by atoms with van der Waals surface area (Å²) in [7, 11) is 0. The summed E-state index contributed by atoms with van der Waals surface area (Å²) in [6.07, 6.45) is 0. The van der Waals surface area contributed by atoms with Gasteiger partial charge in [-0.2, -0.15) is 0 Å². The second kappa shape index (κ2) is 3.46. The van der Waals surface area contributed by atoms with Crippen LogP contribution in [0.2, 0.25) is 0 Å². The van der Waals surface area contributed by atoms with Crippen LogP contribution < -0.4 is 5.73 Å². The predicted molar refractivity (Wildman–Crippen MR) is 46.6 cm³/mol. The molecule has 0 heterocycles. The molecule has 0 radical (unpaired) electrons. The zero-order valence-electron chi connectivity index (χ0n) is 6.51. The number of carbonyl (C=O) groups is 1. The van der Waals surface area contributed by atoms with E-state index in [1.165, 1.54) is 18.2 Å². The quantitative estimate of drug-likeness (QED) is 0.312. The minimum atomic E-state index is -1.17. The van der Waals surface area contributed by atoms with Crippen molar-refractivity contribution in [3.63, 3.8) is 0 Å². The summed E-state index contributed by atoms with van der Waals surface area (Å²) in [4.78, 5) is 13.1. The standard InChI is InChI=1S/C7H6N4O2/c8-5-3-1-2-4(7(12)13)6(5)10-11-9/h1-3H,8H2,(H,12,13). The molecule has 1 aromatic carbocycles. The fourth-order valence-electron chi connectivity index (χ4n) is 0.890. The largest absolute Gasteiger partial charge is 0.478 e. The Kier molecular flexibility index (Phi) is 2.37. The molecule has 0 spiro atoms. The first-order chi connectivity index (χ1) is 6.16. The lowest BCUT2D eigenvalue weighted by molar-refractivity contribution is 0.0698. The molecule has 0 aromatic heterocycles. The Labute approximate surface area is 73.2 Å². The summed E-state index contributed by atoms with van der Waals surface area (Å²) in [6, 6.07) is 4.27. The molecule has 3 N–H and O–H groups in total. The van der Waals surface area contributed by atoms with Crippen LogP contribution in [0.4, 0.5) is 11.4 Å². The second-order valence-electron chi connectivity index (χ2n) is 2.24. The fraction of sp³-hybridized carbons (Fsp3) is 0. The molecule has 0 aliphatic carbocycles. The Bertz CT molecular complexity index is 395. The molecule has 0 aliphatic rings. The molecular formula is C7H6N4O2. The highest BCUT2D eigenvalue weighted by atomic mass is 16.4. The average molecular weight is 178 g/mol. The summed E-state index contributed by atoms with van der Waals surface area (Å²) < 4.78 is 0. The molecule has 13 heavy (non-hydrogen) atoms. The lowest BCUT2D eigenvalue weighted by Gasteiger charge is -2.01. The highest BCUT2D eigenvalue weighted by Gasteiger charge is 2.10. The smallest absolute Gasteiger partial charge is 0.336 e. The Morgan fingerprint density at radius 3 is 2.85 bits per heavy atom. The third kappa shape index (κ3) is 1.69. The van der Waals surface area contributed by atoms with Gasteiger partial charge in [0.25, 0.3) is 0 Å². The Hall–Kier alpha value is -2.20. The first-order valence-corrected chi connectivity index (χ1v) is 3.33. The molecule has 0 amide bonds. The summed E-state index contributed by atoms with van der Waals surface area (Å²) in [5.74, 6) is -1.17. The van der Waals surface area contributed by atoms with Crippen LogP contribution in [0.5, 0.6) is 0 Å². The van der Waals surface area contributed by atoms with Gasteiger partial charge in [-0.1, -0.05) is 11.2 Å². The third-order valence-electron chi connectivity index (χ3n) is 1.44. The number of benzene rings is 1. The molecule has 0 saturated heterocycles. The van der Waals surface area contributed by atoms with E-state index in [0.29, 0.717) is 0 Å². The van der Waals surface area contributed by atoms with E-state index in [1.54, 1.807) is 0 Å². The molecule has 6 nitrogen and oxygen atoms in total. The lowest BCUT2D eigenvalue weighted by atomic mass is 10.1. The van der Waals surface area contributed by atoms with Crippen LogP contribution in [0.1, 0.15) is 10.4 Å². The van der Waals surface area contributed by atoms with Crippen molar-refractivity contribution in [2.45, 2.75) is 0 Å². The molecule has 0 saturated carbocycles. The van der Waals surface area contributed by atoms with E-state index in [-0.39, 0.29) is 16.9 Å². The van der Waals surface area contributed by atoms with Crippen molar-refractivity contribution in [2.24, 2.45) is 5.11 Å². The number of nitrogens with zero attached hydrogens (tertiary/aromatic N) is 3. The zero-order chi connectivity index (χ0) is 9.84. The van der Waals surface area contributed by atoms with E-state index in [4.69, 9.17) is 16.4 Å². The van der Waals surface area contributed by atoms with Crippen molar-refractivity contribution < 1.29 is 9.90 Å². The van der Waals surface area contributed by atoms with Crippen LogP contribution in [-0.2, 0) is 0 Å². The van der Waals surface area contributed by atoms with Gasteiger partial charge in [0, 0.05) is 10.6 Å². The van der Waals surface area contributed by atoms with Gasteiger partial charge >= 0.3 is 5.97 Å². The number of hydrogen-bond acceptors (Lipinski definition) is 3. The van der Waals surface area contributed by atoms with Crippen LogP contribution in [0, 0.1) is 0 Å². The molecular weight excluding hydrogens is 172 g/mol. The van der Waals surface area contributed by atoms with E-state index in [2.05, 4.69) is 10.0 Å². The Morgan fingerprint density at radius 2 is 2.31 bits per heavy atom. The van der Waals surface area contributed by atoms with Gasteiger partial charge in [0.05, 0.1) is 11.3 Å².